The number of carbonyl (C=O) groups is 2. The van der Waals surface area contributed by atoms with E-state index in [4.69, 9.17) is 0 Å². The van der Waals surface area contributed by atoms with Crippen LogP contribution >= 0.6 is 0 Å². The smallest absolute Gasteiger partial charge is 0.267 e. The van der Waals surface area contributed by atoms with E-state index in [0.717, 1.165) is 19.3 Å². The van der Waals surface area contributed by atoms with Gasteiger partial charge in [-0.25, -0.2) is 9.49 Å². The molecule has 1 aliphatic carbocycles. The Labute approximate surface area is 208 Å². The summed E-state index contributed by atoms with van der Waals surface area (Å²) in [4.78, 5) is 41.3. The van der Waals surface area contributed by atoms with E-state index in [1.165, 1.54) is 28.2 Å². The van der Waals surface area contributed by atoms with Gasteiger partial charge in [0, 0.05) is 31.1 Å². The molecule has 0 radical (unpaired) electrons. The number of hydrogen-bond donors (Lipinski definition) is 1. The average Bonchev–Trinajstić information content (AvgIpc) is 2.90. The Balaban J connectivity index is 1.27. The molecule has 36 heavy (non-hydrogen) atoms. The molecule has 0 spiro atoms. The number of fused-ring (bicyclic) bond motifs is 1. The summed E-state index contributed by atoms with van der Waals surface area (Å²) in [6.07, 6.45) is 3.59. The molecule has 186 valence electrons. The van der Waals surface area contributed by atoms with Crippen LogP contribution in [0.25, 0.3) is 0 Å². The van der Waals surface area contributed by atoms with Crippen molar-refractivity contribution >= 4 is 11.8 Å². The maximum atomic E-state index is 14.7. The topological polar surface area (TPSA) is 86.4 Å². The Morgan fingerprint density at radius 3 is 2.69 bits per heavy atom. The predicted octanol–water partition coefficient (Wildman–Crippen LogP) is 2.90. The molecule has 2 aromatic carbocycles. The lowest BCUT2D eigenvalue weighted by atomic mass is 9.87. The Hall–Kier alpha value is -3.81. The van der Waals surface area contributed by atoms with Gasteiger partial charge in [-0.3, -0.25) is 14.4 Å². The molecule has 3 aromatic rings. The van der Waals surface area contributed by atoms with Crippen LogP contribution in [0.3, 0.4) is 0 Å². The summed E-state index contributed by atoms with van der Waals surface area (Å²) in [6, 6.07) is 14.6. The Morgan fingerprint density at radius 2 is 1.92 bits per heavy atom. The van der Waals surface area contributed by atoms with E-state index in [0.29, 0.717) is 42.8 Å². The summed E-state index contributed by atoms with van der Waals surface area (Å²) in [5.74, 6) is -1.20. The van der Waals surface area contributed by atoms with Crippen LogP contribution < -0.4 is 5.56 Å². The molecule has 7 nitrogen and oxygen atoms in total. The van der Waals surface area contributed by atoms with Crippen LogP contribution in [0.15, 0.2) is 53.3 Å². The van der Waals surface area contributed by atoms with Crippen LogP contribution in [-0.4, -0.2) is 57.5 Å². The SMILES string of the molecule is CCc1cc(Cc2ccc(F)c(C(=O)N3CCN([C@@H]4CCc5ccccc5C4)C(=O)C3)c2)n[nH]c1=O. The van der Waals surface area contributed by atoms with Crippen molar-refractivity contribution in [2.45, 2.75) is 45.1 Å². The van der Waals surface area contributed by atoms with Gasteiger partial charge in [0.2, 0.25) is 5.91 Å². The van der Waals surface area contributed by atoms with Crippen LogP contribution in [0.2, 0.25) is 0 Å². The van der Waals surface area contributed by atoms with Gasteiger partial charge in [0.25, 0.3) is 11.5 Å². The third kappa shape index (κ3) is 4.80. The Kier molecular flexibility index (Phi) is 6.67. The highest BCUT2D eigenvalue weighted by atomic mass is 19.1. The van der Waals surface area contributed by atoms with E-state index in [2.05, 4.69) is 22.3 Å². The molecule has 0 saturated carbocycles. The molecule has 1 fully saturated rings. The summed E-state index contributed by atoms with van der Waals surface area (Å²) in [6.45, 7) is 2.65. The van der Waals surface area contributed by atoms with Gasteiger partial charge in [0.15, 0.2) is 0 Å². The van der Waals surface area contributed by atoms with Crippen LogP contribution in [-0.2, 0) is 30.5 Å². The fourth-order valence-electron chi connectivity index (χ4n) is 5.26. The van der Waals surface area contributed by atoms with Crippen molar-refractivity contribution < 1.29 is 14.0 Å². The normalized spacial score (nSPS) is 17.7. The molecule has 1 atom stereocenters. The van der Waals surface area contributed by atoms with Gasteiger partial charge in [-0.15, -0.1) is 0 Å². The molecule has 1 saturated heterocycles. The number of halogens is 1. The average molecular weight is 489 g/mol. The van der Waals surface area contributed by atoms with E-state index >= 15 is 0 Å². The van der Waals surface area contributed by atoms with E-state index in [1.807, 2.05) is 24.0 Å². The molecule has 2 heterocycles. The zero-order chi connectivity index (χ0) is 25.2. The number of nitrogens with one attached hydrogen (secondary N) is 1. The number of benzene rings is 2. The number of H-pyrrole nitrogens is 1. The molecule has 1 N–H and O–H groups in total. The number of amides is 2. The fourth-order valence-corrected chi connectivity index (χ4v) is 5.26. The summed E-state index contributed by atoms with van der Waals surface area (Å²) in [7, 11) is 0. The summed E-state index contributed by atoms with van der Waals surface area (Å²) in [5, 5.41) is 6.55. The lowest BCUT2D eigenvalue weighted by Gasteiger charge is -2.41. The van der Waals surface area contributed by atoms with Crippen molar-refractivity contribution in [1.82, 2.24) is 20.0 Å². The number of aromatic amines is 1. The van der Waals surface area contributed by atoms with Gasteiger partial charge in [-0.2, -0.15) is 5.10 Å². The maximum Gasteiger partial charge on any atom is 0.267 e. The second kappa shape index (κ2) is 10.0. The van der Waals surface area contributed by atoms with Crippen molar-refractivity contribution in [2.24, 2.45) is 0 Å². The number of aromatic nitrogens is 2. The molecule has 2 amide bonds. The van der Waals surface area contributed by atoms with Crippen LogP contribution in [0.4, 0.5) is 4.39 Å². The molecule has 8 heteroatoms. The van der Waals surface area contributed by atoms with Gasteiger partial charge in [0.05, 0.1) is 11.3 Å². The lowest BCUT2D eigenvalue weighted by Crippen LogP contribution is -2.56. The summed E-state index contributed by atoms with van der Waals surface area (Å²) < 4.78 is 14.7. The zero-order valence-corrected chi connectivity index (χ0v) is 20.3. The molecule has 1 aromatic heterocycles. The van der Waals surface area contributed by atoms with Gasteiger partial charge in [0.1, 0.15) is 12.4 Å². The van der Waals surface area contributed by atoms with E-state index in [-0.39, 0.29) is 29.6 Å². The number of nitrogens with zero attached hydrogens (tertiary/aromatic N) is 3. The minimum absolute atomic E-state index is 0.0536. The fraction of sp³-hybridized carbons (Fsp3) is 0.357. The van der Waals surface area contributed by atoms with Crippen molar-refractivity contribution in [2.75, 3.05) is 19.6 Å². The number of hydrogen-bond acceptors (Lipinski definition) is 4. The minimum atomic E-state index is -0.619. The van der Waals surface area contributed by atoms with Crippen molar-refractivity contribution in [1.29, 1.82) is 0 Å². The summed E-state index contributed by atoms with van der Waals surface area (Å²) >= 11 is 0. The van der Waals surface area contributed by atoms with Crippen molar-refractivity contribution in [3.8, 4) is 0 Å². The maximum absolute atomic E-state index is 14.7. The quantitative estimate of drug-likeness (QED) is 0.599. The van der Waals surface area contributed by atoms with Crippen LogP contribution in [0, 0.1) is 5.82 Å². The monoisotopic (exact) mass is 488 g/mol. The molecule has 0 bridgehead atoms. The zero-order valence-electron chi connectivity index (χ0n) is 20.3. The second-order valence-corrected chi connectivity index (χ2v) is 9.54. The molecule has 2 aliphatic rings. The number of rotatable bonds is 5. The standard InChI is InChI=1S/C28H29FN4O3/c1-2-19-15-22(30-31-27(19)35)13-18-7-10-25(29)24(14-18)28(36)32-11-12-33(26(34)17-32)23-9-8-20-5-3-4-6-21(20)16-23/h3-7,10,14-15,23H,2,8-9,11-13,16-17H2,1H3,(H,31,35)/t23-/m1/s1. The first-order valence-electron chi connectivity index (χ1n) is 12.4. The first kappa shape index (κ1) is 23.9. The second-order valence-electron chi connectivity index (χ2n) is 9.54. The largest absolute Gasteiger partial charge is 0.336 e. The van der Waals surface area contributed by atoms with Crippen molar-refractivity contribution in [3.63, 3.8) is 0 Å². The molecule has 1 aliphatic heterocycles. The highest BCUT2D eigenvalue weighted by molar-refractivity contribution is 5.97. The highest BCUT2D eigenvalue weighted by Gasteiger charge is 2.34. The number of aryl methyl sites for hydroxylation is 2. The lowest BCUT2D eigenvalue weighted by molar-refractivity contribution is -0.137. The minimum Gasteiger partial charge on any atom is -0.336 e. The highest BCUT2D eigenvalue weighted by Crippen LogP contribution is 2.26. The summed E-state index contributed by atoms with van der Waals surface area (Å²) in [5.41, 5.74) is 4.30. The molecular weight excluding hydrogens is 459 g/mol. The first-order chi connectivity index (χ1) is 17.4. The Morgan fingerprint density at radius 1 is 1.11 bits per heavy atom. The van der Waals surface area contributed by atoms with Crippen molar-refractivity contribution in [3.05, 3.63) is 98.2 Å². The van der Waals surface area contributed by atoms with Gasteiger partial charge in [-0.1, -0.05) is 37.3 Å². The number of carbonyl (C=O) groups excluding carboxylic acids is 2. The third-order valence-electron chi connectivity index (χ3n) is 7.27. The first-order valence-corrected chi connectivity index (χ1v) is 12.4. The van der Waals surface area contributed by atoms with Crippen LogP contribution in [0.5, 0.6) is 0 Å². The molecule has 5 rings (SSSR count). The van der Waals surface area contributed by atoms with Gasteiger partial charge in [-0.05, 0) is 60.6 Å². The van der Waals surface area contributed by atoms with E-state index < -0.39 is 11.7 Å². The Bertz CT molecular complexity index is 1370. The van der Waals surface area contributed by atoms with Gasteiger partial charge < -0.3 is 9.80 Å². The van der Waals surface area contributed by atoms with Crippen LogP contribution in [0.1, 0.15) is 51.7 Å². The third-order valence-corrected chi connectivity index (χ3v) is 7.27. The van der Waals surface area contributed by atoms with E-state index in [9.17, 15) is 18.8 Å². The van der Waals surface area contributed by atoms with Gasteiger partial charge >= 0.3 is 0 Å². The molecular formula is C28H29FN4O3. The molecule has 0 unspecified atom stereocenters. The predicted molar refractivity (Wildman–Crippen MR) is 133 cm³/mol. The van der Waals surface area contributed by atoms with E-state index in [1.54, 1.807) is 12.1 Å². The number of piperazine rings is 1.